The van der Waals surface area contributed by atoms with Crippen LogP contribution in [0, 0.1) is 0 Å². The minimum absolute atomic E-state index is 0.0371. The number of hydrogen-bond acceptors (Lipinski definition) is 5. The maximum absolute atomic E-state index is 13.2. The number of benzene rings is 1. The van der Waals surface area contributed by atoms with Gasteiger partial charge in [-0.1, -0.05) is 19.0 Å². The van der Waals surface area contributed by atoms with E-state index in [9.17, 15) is 18.0 Å². The van der Waals surface area contributed by atoms with Gasteiger partial charge in [-0.25, -0.2) is 0 Å². The van der Waals surface area contributed by atoms with Crippen molar-refractivity contribution in [1.29, 1.82) is 0 Å². The minimum Gasteiger partial charge on any atom is -0.370 e. The second-order valence-electron chi connectivity index (χ2n) is 7.53. The zero-order chi connectivity index (χ0) is 21.0. The number of carbonyl (C=O) groups is 1. The summed E-state index contributed by atoms with van der Waals surface area (Å²) in [7, 11) is 0. The largest absolute Gasteiger partial charge is 0.416 e. The Morgan fingerprint density at radius 1 is 1.24 bits per heavy atom. The molecule has 2 aromatic rings. The van der Waals surface area contributed by atoms with E-state index in [4.69, 9.17) is 4.52 Å². The van der Waals surface area contributed by atoms with Gasteiger partial charge in [-0.3, -0.25) is 4.79 Å². The van der Waals surface area contributed by atoms with Crippen LogP contribution < -0.4 is 10.2 Å². The van der Waals surface area contributed by atoms with E-state index >= 15 is 0 Å². The Kier molecular flexibility index (Phi) is 6.44. The SMILES string of the molecule is CC(C)c1noc(CCC(=O)Nc2cc(C(F)(F)F)ccc2N2CCCCC2)n1. The first-order chi connectivity index (χ1) is 13.7. The average molecular weight is 410 g/mol. The van der Waals surface area contributed by atoms with Crippen LogP contribution in [0.5, 0.6) is 0 Å². The predicted molar refractivity (Wildman–Crippen MR) is 103 cm³/mol. The van der Waals surface area contributed by atoms with Gasteiger partial charge in [-0.15, -0.1) is 0 Å². The molecular weight excluding hydrogens is 385 g/mol. The molecular formula is C20H25F3N4O2. The number of piperidine rings is 1. The number of carbonyl (C=O) groups excluding carboxylic acids is 1. The fraction of sp³-hybridized carbons (Fsp3) is 0.550. The van der Waals surface area contributed by atoms with Crippen molar-refractivity contribution in [2.24, 2.45) is 0 Å². The van der Waals surface area contributed by atoms with Gasteiger partial charge in [-0.05, 0) is 37.5 Å². The van der Waals surface area contributed by atoms with E-state index in [2.05, 4.69) is 15.5 Å². The van der Waals surface area contributed by atoms with Gasteiger partial charge >= 0.3 is 6.18 Å². The van der Waals surface area contributed by atoms with Crippen LogP contribution in [0.2, 0.25) is 0 Å². The molecule has 0 saturated carbocycles. The normalized spacial score (nSPS) is 15.0. The van der Waals surface area contributed by atoms with Crippen molar-refractivity contribution in [1.82, 2.24) is 10.1 Å². The number of anilines is 2. The summed E-state index contributed by atoms with van der Waals surface area (Å²) in [5.41, 5.74) is 0.0121. The molecule has 6 nitrogen and oxygen atoms in total. The monoisotopic (exact) mass is 410 g/mol. The Labute approximate surface area is 167 Å². The maximum atomic E-state index is 13.2. The first-order valence-corrected chi connectivity index (χ1v) is 9.82. The number of aryl methyl sites for hydroxylation is 1. The predicted octanol–water partition coefficient (Wildman–Crippen LogP) is 4.77. The second-order valence-corrected chi connectivity index (χ2v) is 7.53. The van der Waals surface area contributed by atoms with Crippen LogP contribution in [-0.4, -0.2) is 29.1 Å². The lowest BCUT2D eigenvalue weighted by atomic mass is 10.1. The molecule has 1 aliphatic rings. The molecule has 1 aliphatic heterocycles. The van der Waals surface area contributed by atoms with Gasteiger partial charge in [-0.2, -0.15) is 18.2 Å². The molecule has 0 bridgehead atoms. The molecule has 0 atom stereocenters. The molecule has 0 radical (unpaired) electrons. The van der Waals surface area contributed by atoms with Crippen LogP contribution in [-0.2, 0) is 17.4 Å². The number of alkyl halides is 3. The smallest absolute Gasteiger partial charge is 0.370 e. The maximum Gasteiger partial charge on any atom is 0.416 e. The van der Waals surface area contributed by atoms with Crippen LogP contribution in [0.3, 0.4) is 0 Å². The van der Waals surface area contributed by atoms with Crippen molar-refractivity contribution in [3.63, 3.8) is 0 Å². The lowest BCUT2D eigenvalue weighted by molar-refractivity contribution is -0.137. The highest BCUT2D eigenvalue weighted by Gasteiger charge is 2.32. The molecule has 1 fully saturated rings. The highest BCUT2D eigenvalue weighted by Crippen LogP contribution is 2.36. The standard InChI is InChI=1S/C20H25F3N4O2/c1-13(2)19-25-18(29-26-19)9-8-17(28)24-15-12-14(20(21,22)23)6-7-16(15)27-10-4-3-5-11-27/h6-7,12-13H,3-5,8-11H2,1-2H3,(H,24,28). The van der Waals surface area contributed by atoms with Gasteiger partial charge in [0.2, 0.25) is 11.8 Å². The lowest BCUT2D eigenvalue weighted by Gasteiger charge is -2.31. The fourth-order valence-electron chi connectivity index (χ4n) is 3.26. The Hall–Kier alpha value is -2.58. The van der Waals surface area contributed by atoms with E-state index in [0.717, 1.165) is 44.5 Å². The van der Waals surface area contributed by atoms with Gasteiger partial charge in [0.1, 0.15) is 0 Å². The van der Waals surface area contributed by atoms with Crippen molar-refractivity contribution >= 4 is 17.3 Å². The molecule has 9 heteroatoms. The molecule has 1 aromatic carbocycles. The fourth-order valence-corrected chi connectivity index (χ4v) is 3.26. The molecule has 1 saturated heterocycles. The number of halogens is 3. The van der Waals surface area contributed by atoms with E-state index in [1.165, 1.54) is 6.07 Å². The third-order valence-corrected chi connectivity index (χ3v) is 4.86. The second kappa shape index (κ2) is 8.84. The number of rotatable bonds is 6. The lowest BCUT2D eigenvalue weighted by Crippen LogP contribution is -2.30. The van der Waals surface area contributed by atoms with Gasteiger partial charge in [0.15, 0.2) is 5.82 Å². The van der Waals surface area contributed by atoms with E-state index in [1.807, 2.05) is 18.7 Å². The summed E-state index contributed by atoms with van der Waals surface area (Å²) in [5.74, 6) is 0.611. The first-order valence-electron chi connectivity index (χ1n) is 9.82. The zero-order valence-electron chi connectivity index (χ0n) is 16.6. The molecule has 3 rings (SSSR count). The Morgan fingerprint density at radius 3 is 2.59 bits per heavy atom. The minimum atomic E-state index is -4.48. The molecule has 1 aromatic heterocycles. The zero-order valence-corrected chi connectivity index (χ0v) is 16.6. The van der Waals surface area contributed by atoms with Crippen LogP contribution in [0.1, 0.15) is 62.7 Å². The molecule has 158 valence electrons. The van der Waals surface area contributed by atoms with E-state index in [0.29, 0.717) is 17.4 Å². The van der Waals surface area contributed by atoms with Gasteiger partial charge < -0.3 is 14.7 Å². The molecule has 1 amide bonds. The molecule has 0 aliphatic carbocycles. The highest BCUT2D eigenvalue weighted by atomic mass is 19.4. The third kappa shape index (κ3) is 5.48. The molecule has 2 heterocycles. The van der Waals surface area contributed by atoms with E-state index in [1.54, 1.807) is 0 Å². The summed E-state index contributed by atoms with van der Waals surface area (Å²) in [6.07, 6.45) is -1.16. The Bertz CT molecular complexity index is 842. The number of hydrogen-bond donors (Lipinski definition) is 1. The number of nitrogens with one attached hydrogen (secondary N) is 1. The third-order valence-electron chi connectivity index (χ3n) is 4.86. The summed E-state index contributed by atoms with van der Waals surface area (Å²) < 4.78 is 44.6. The average Bonchev–Trinajstić information content (AvgIpc) is 3.16. The van der Waals surface area contributed by atoms with Crippen molar-refractivity contribution < 1.29 is 22.5 Å². The topological polar surface area (TPSA) is 71.3 Å². The van der Waals surface area contributed by atoms with E-state index in [-0.39, 0.29) is 24.4 Å². The Morgan fingerprint density at radius 2 is 1.97 bits per heavy atom. The summed E-state index contributed by atoms with van der Waals surface area (Å²) in [6.45, 7) is 5.37. The summed E-state index contributed by atoms with van der Waals surface area (Å²) >= 11 is 0. The van der Waals surface area contributed by atoms with Crippen molar-refractivity contribution in [2.45, 2.75) is 58.0 Å². The molecule has 1 N–H and O–H groups in total. The van der Waals surface area contributed by atoms with Gasteiger partial charge in [0.25, 0.3) is 0 Å². The van der Waals surface area contributed by atoms with Crippen LogP contribution in [0.15, 0.2) is 22.7 Å². The van der Waals surface area contributed by atoms with Crippen LogP contribution >= 0.6 is 0 Å². The van der Waals surface area contributed by atoms with Crippen LogP contribution in [0.25, 0.3) is 0 Å². The number of nitrogens with zero attached hydrogens (tertiary/aromatic N) is 3. The molecule has 29 heavy (non-hydrogen) atoms. The first kappa shape index (κ1) is 21.1. The van der Waals surface area contributed by atoms with Gasteiger partial charge in [0, 0.05) is 31.8 Å². The molecule has 0 unspecified atom stereocenters. The quantitative estimate of drug-likeness (QED) is 0.743. The number of amides is 1. The van der Waals surface area contributed by atoms with Crippen molar-refractivity contribution in [3.8, 4) is 0 Å². The number of aromatic nitrogens is 2. The summed E-state index contributed by atoms with van der Waals surface area (Å²) in [4.78, 5) is 18.7. The van der Waals surface area contributed by atoms with E-state index < -0.39 is 17.6 Å². The highest BCUT2D eigenvalue weighted by molar-refractivity contribution is 5.94. The Balaban J connectivity index is 1.73. The van der Waals surface area contributed by atoms with Gasteiger partial charge in [0.05, 0.1) is 16.9 Å². The molecule has 0 spiro atoms. The van der Waals surface area contributed by atoms with Crippen molar-refractivity contribution in [3.05, 3.63) is 35.5 Å². The van der Waals surface area contributed by atoms with Crippen molar-refractivity contribution in [2.75, 3.05) is 23.3 Å². The van der Waals surface area contributed by atoms with Crippen LogP contribution in [0.4, 0.5) is 24.5 Å². The summed E-state index contributed by atoms with van der Waals surface area (Å²) in [6, 6.07) is 3.51. The summed E-state index contributed by atoms with van der Waals surface area (Å²) in [5, 5.41) is 6.49.